The number of carbonyl (C=O) groups is 2. The Balaban J connectivity index is 1.83. The second kappa shape index (κ2) is 9.04. The normalized spacial score (nSPS) is 21.4. The quantitative estimate of drug-likeness (QED) is 0.646. The highest BCUT2D eigenvalue weighted by Crippen LogP contribution is 2.39. The van der Waals surface area contributed by atoms with Gasteiger partial charge in [-0.15, -0.1) is 0 Å². The minimum absolute atomic E-state index is 0.0592. The van der Waals surface area contributed by atoms with Crippen molar-refractivity contribution in [3.63, 3.8) is 0 Å². The number of anilines is 1. The average molecular weight is 437 g/mol. The molecule has 0 aromatic heterocycles. The van der Waals surface area contributed by atoms with Crippen molar-refractivity contribution in [2.75, 3.05) is 31.7 Å². The highest BCUT2D eigenvalue weighted by molar-refractivity contribution is 6.45. The van der Waals surface area contributed by atoms with Gasteiger partial charge >= 0.3 is 0 Å². The molecule has 7 heteroatoms. The molecule has 0 saturated carbocycles. The SMILES string of the molecule is CCOc1ccccc1N1C(=O)C(c2ccc(OC)cc2)=C(N2CC(C)OC(C)C2)C1=O. The van der Waals surface area contributed by atoms with Gasteiger partial charge in [-0.2, -0.15) is 0 Å². The smallest absolute Gasteiger partial charge is 0.282 e. The molecule has 2 aromatic carbocycles. The number of amides is 2. The number of imide groups is 1. The predicted molar refractivity (Wildman–Crippen MR) is 122 cm³/mol. The van der Waals surface area contributed by atoms with E-state index >= 15 is 0 Å². The van der Waals surface area contributed by atoms with Crippen LogP contribution in [-0.4, -0.2) is 55.7 Å². The summed E-state index contributed by atoms with van der Waals surface area (Å²) in [6, 6.07) is 14.3. The Morgan fingerprint density at radius 2 is 1.62 bits per heavy atom. The van der Waals surface area contributed by atoms with Gasteiger partial charge in [0.25, 0.3) is 11.8 Å². The molecule has 2 unspecified atom stereocenters. The number of rotatable bonds is 6. The van der Waals surface area contributed by atoms with E-state index in [0.29, 0.717) is 53.7 Å². The van der Waals surface area contributed by atoms with E-state index in [1.54, 1.807) is 37.4 Å². The standard InChI is InChI=1S/C25H28N2O5/c1-5-31-21-9-7-6-8-20(21)27-24(28)22(18-10-12-19(30-4)13-11-18)23(25(27)29)26-14-16(2)32-17(3)15-26/h6-13,16-17H,5,14-15H2,1-4H3. The van der Waals surface area contributed by atoms with Gasteiger partial charge in [0.1, 0.15) is 17.2 Å². The van der Waals surface area contributed by atoms with E-state index in [4.69, 9.17) is 14.2 Å². The molecule has 0 bridgehead atoms. The van der Waals surface area contributed by atoms with E-state index in [2.05, 4.69) is 0 Å². The van der Waals surface area contributed by atoms with E-state index in [1.165, 1.54) is 4.90 Å². The number of para-hydroxylation sites is 2. The predicted octanol–water partition coefficient (Wildman–Crippen LogP) is 3.49. The number of nitrogens with zero attached hydrogens (tertiary/aromatic N) is 2. The van der Waals surface area contributed by atoms with Crippen molar-refractivity contribution < 1.29 is 23.8 Å². The lowest BCUT2D eigenvalue weighted by molar-refractivity contribution is -0.121. The van der Waals surface area contributed by atoms with Crippen molar-refractivity contribution in [3.8, 4) is 11.5 Å². The van der Waals surface area contributed by atoms with Crippen LogP contribution in [0.1, 0.15) is 26.3 Å². The zero-order valence-corrected chi connectivity index (χ0v) is 18.8. The first-order chi connectivity index (χ1) is 15.4. The first kappa shape index (κ1) is 21.9. The fraction of sp³-hybridized carbons (Fsp3) is 0.360. The summed E-state index contributed by atoms with van der Waals surface area (Å²) in [7, 11) is 1.59. The van der Waals surface area contributed by atoms with Gasteiger partial charge < -0.3 is 19.1 Å². The number of carbonyl (C=O) groups excluding carboxylic acids is 2. The van der Waals surface area contributed by atoms with Gasteiger partial charge in [-0.3, -0.25) is 9.59 Å². The van der Waals surface area contributed by atoms with E-state index in [9.17, 15) is 9.59 Å². The first-order valence-corrected chi connectivity index (χ1v) is 10.8. The zero-order valence-electron chi connectivity index (χ0n) is 18.8. The number of morpholine rings is 1. The molecule has 0 N–H and O–H groups in total. The van der Waals surface area contributed by atoms with Crippen LogP contribution < -0.4 is 14.4 Å². The molecule has 0 aliphatic carbocycles. The lowest BCUT2D eigenvalue weighted by Gasteiger charge is -2.37. The Bertz CT molecular complexity index is 1040. The number of hydrogen-bond acceptors (Lipinski definition) is 6. The van der Waals surface area contributed by atoms with Crippen LogP contribution in [0.4, 0.5) is 5.69 Å². The van der Waals surface area contributed by atoms with Crippen LogP contribution in [0.25, 0.3) is 5.57 Å². The van der Waals surface area contributed by atoms with Crippen LogP contribution in [0.3, 0.4) is 0 Å². The Morgan fingerprint density at radius 1 is 0.969 bits per heavy atom. The lowest BCUT2D eigenvalue weighted by atomic mass is 10.0. The topological polar surface area (TPSA) is 68.3 Å². The fourth-order valence-electron chi connectivity index (χ4n) is 4.33. The van der Waals surface area contributed by atoms with Gasteiger partial charge in [0.15, 0.2) is 0 Å². The second-order valence-electron chi connectivity index (χ2n) is 7.96. The van der Waals surface area contributed by atoms with Crippen molar-refractivity contribution >= 4 is 23.1 Å². The van der Waals surface area contributed by atoms with Crippen LogP contribution in [0.5, 0.6) is 11.5 Å². The third kappa shape index (κ3) is 3.96. The molecule has 2 aliphatic rings. The van der Waals surface area contributed by atoms with Crippen molar-refractivity contribution in [1.82, 2.24) is 4.90 Å². The Kier molecular flexibility index (Phi) is 6.19. The fourth-order valence-corrected chi connectivity index (χ4v) is 4.33. The molecule has 168 valence electrons. The minimum Gasteiger partial charge on any atom is -0.497 e. The van der Waals surface area contributed by atoms with Crippen LogP contribution in [0, 0.1) is 0 Å². The molecule has 2 aliphatic heterocycles. The summed E-state index contributed by atoms with van der Waals surface area (Å²) in [5.41, 5.74) is 1.89. The monoisotopic (exact) mass is 436 g/mol. The molecule has 7 nitrogen and oxygen atoms in total. The number of ether oxygens (including phenoxy) is 3. The molecule has 32 heavy (non-hydrogen) atoms. The molecular formula is C25H28N2O5. The maximum Gasteiger partial charge on any atom is 0.282 e. The summed E-state index contributed by atoms with van der Waals surface area (Å²) >= 11 is 0. The lowest BCUT2D eigenvalue weighted by Crippen LogP contribution is -2.47. The highest BCUT2D eigenvalue weighted by atomic mass is 16.5. The molecular weight excluding hydrogens is 408 g/mol. The van der Waals surface area contributed by atoms with Crippen molar-refractivity contribution in [2.45, 2.75) is 33.0 Å². The van der Waals surface area contributed by atoms with Crippen molar-refractivity contribution in [3.05, 3.63) is 59.8 Å². The molecule has 2 amide bonds. The summed E-state index contributed by atoms with van der Waals surface area (Å²) in [5.74, 6) is 0.457. The average Bonchev–Trinajstić information content (AvgIpc) is 3.04. The summed E-state index contributed by atoms with van der Waals surface area (Å²) in [6.45, 7) is 7.29. The van der Waals surface area contributed by atoms with E-state index < -0.39 is 0 Å². The maximum absolute atomic E-state index is 13.8. The van der Waals surface area contributed by atoms with Gasteiger partial charge in [0, 0.05) is 13.1 Å². The summed E-state index contributed by atoms with van der Waals surface area (Å²) in [4.78, 5) is 30.7. The van der Waals surface area contributed by atoms with Crippen molar-refractivity contribution in [1.29, 1.82) is 0 Å². The molecule has 2 aromatic rings. The molecule has 1 saturated heterocycles. The number of hydrogen-bond donors (Lipinski definition) is 0. The number of benzene rings is 2. The Morgan fingerprint density at radius 3 is 2.25 bits per heavy atom. The summed E-state index contributed by atoms with van der Waals surface area (Å²) in [5, 5.41) is 0. The summed E-state index contributed by atoms with van der Waals surface area (Å²) in [6.07, 6.45) is -0.118. The van der Waals surface area contributed by atoms with Crippen LogP contribution >= 0.6 is 0 Å². The molecule has 2 heterocycles. The van der Waals surface area contributed by atoms with E-state index in [-0.39, 0.29) is 24.0 Å². The third-order valence-corrected chi connectivity index (χ3v) is 5.58. The van der Waals surface area contributed by atoms with Crippen LogP contribution in [0.15, 0.2) is 54.2 Å². The molecule has 2 atom stereocenters. The molecule has 1 fully saturated rings. The van der Waals surface area contributed by atoms with Gasteiger partial charge in [0.05, 0.1) is 37.2 Å². The zero-order chi connectivity index (χ0) is 22.8. The minimum atomic E-state index is -0.367. The highest BCUT2D eigenvalue weighted by Gasteiger charge is 2.44. The van der Waals surface area contributed by atoms with Crippen molar-refractivity contribution in [2.24, 2.45) is 0 Å². The Hall–Kier alpha value is -3.32. The van der Waals surface area contributed by atoms with E-state index in [1.807, 2.05) is 43.9 Å². The molecule has 0 radical (unpaired) electrons. The largest absolute Gasteiger partial charge is 0.497 e. The van der Waals surface area contributed by atoms with Crippen LogP contribution in [-0.2, 0) is 14.3 Å². The molecule has 0 spiro atoms. The van der Waals surface area contributed by atoms with Gasteiger partial charge in [-0.25, -0.2) is 4.90 Å². The molecule has 4 rings (SSSR count). The maximum atomic E-state index is 13.8. The first-order valence-electron chi connectivity index (χ1n) is 10.8. The van der Waals surface area contributed by atoms with Crippen LogP contribution in [0.2, 0.25) is 0 Å². The summed E-state index contributed by atoms with van der Waals surface area (Å²) < 4.78 is 16.8. The van der Waals surface area contributed by atoms with Gasteiger partial charge in [-0.05, 0) is 50.6 Å². The number of methoxy groups -OCH3 is 1. The Labute approximate surface area is 188 Å². The van der Waals surface area contributed by atoms with Gasteiger partial charge in [0.2, 0.25) is 0 Å². The van der Waals surface area contributed by atoms with E-state index in [0.717, 1.165) is 0 Å². The van der Waals surface area contributed by atoms with Gasteiger partial charge in [-0.1, -0.05) is 24.3 Å². The second-order valence-corrected chi connectivity index (χ2v) is 7.96. The third-order valence-electron chi connectivity index (χ3n) is 5.58.